The number of rotatable bonds is 4. The molecule has 1 aliphatic carbocycles. The summed E-state index contributed by atoms with van der Waals surface area (Å²) in [4.78, 5) is 14.3. The fourth-order valence-electron chi connectivity index (χ4n) is 3.22. The first-order valence-electron chi connectivity index (χ1n) is 8.24. The largest absolute Gasteiger partial charge is 0.391 e. The van der Waals surface area contributed by atoms with Gasteiger partial charge in [0.15, 0.2) is 0 Å². The molecule has 116 valence electrons. The van der Waals surface area contributed by atoms with Crippen molar-refractivity contribution in [3.8, 4) is 0 Å². The standard InChI is InChI=1S/C16H29NO3/c1-3-15(20-13-7-5-4-6-8-13)16(19)17-10-9-12(2)14(18)11-17/h12-15,18H,3-11H2,1-2H3. The van der Waals surface area contributed by atoms with Gasteiger partial charge in [-0.2, -0.15) is 0 Å². The van der Waals surface area contributed by atoms with E-state index < -0.39 is 0 Å². The molecule has 1 saturated carbocycles. The molecule has 1 heterocycles. The molecular formula is C16H29NO3. The number of ether oxygens (including phenoxy) is 1. The van der Waals surface area contributed by atoms with E-state index in [0.717, 1.165) is 32.2 Å². The van der Waals surface area contributed by atoms with Crippen LogP contribution in [0.15, 0.2) is 0 Å². The van der Waals surface area contributed by atoms with Gasteiger partial charge >= 0.3 is 0 Å². The third-order valence-electron chi connectivity index (χ3n) is 4.79. The maximum Gasteiger partial charge on any atom is 0.251 e. The fourth-order valence-corrected chi connectivity index (χ4v) is 3.22. The molecule has 20 heavy (non-hydrogen) atoms. The highest BCUT2D eigenvalue weighted by atomic mass is 16.5. The van der Waals surface area contributed by atoms with E-state index in [9.17, 15) is 9.90 Å². The van der Waals surface area contributed by atoms with Gasteiger partial charge in [-0.3, -0.25) is 4.79 Å². The molecule has 2 fully saturated rings. The SMILES string of the molecule is CCC(OC1CCCCC1)C(=O)N1CCC(C)C(O)C1. The molecule has 2 aliphatic rings. The Bertz CT molecular complexity index is 315. The van der Waals surface area contributed by atoms with Crippen LogP contribution in [0, 0.1) is 5.92 Å². The van der Waals surface area contributed by atoms with Crippen molar-refractivity contribution in [2.24, 2.45) is 5.92 Å². The topological polar surface area (TPSA) is 49.8 Å². The van der Waals surface area contributed by atoms with Crippen molar-refractivity contribution >= 4 is 5.91 Å². The maximum absolute atomic E-state index is 12.5. The molecule has 3 atom stereocenters. The second-order valence-corrected chi connectivity index (χ2v) is 6.41. The van der Waals surface area contributed by atoms with Crippen molar-refractivity contribution in [1.82, 2.24) is 4.90 Å². The molecule has 4 nitrogen and oxygen atoms in total. The fraction of sp³-hybridized carbons (Fsp3) is 0.938. The summed E-state index contributed by atoms with van der Waals surface area (Å²) >= 11 is 0. The summed E-state index contributed by atoms with van der Waals surface area (Å²) in [6.07, 6.45) is 7.05. The zero-order valence-corrected chi connectivity index (χ0v) is 12.9. The number of hydrogen-bond donors (Lipinski definition) is 1. The Labute approximate surface area is 122 Å². The number of β-amino-alcohol motifs (C(OH)–C–C–N with tert-alkyl or cyclic N) is 1. The number of likely N-dealkylation sites (tertiary alicyclic amines) is 1. The molecule has 0 aromatic rings. The van der Waals surface area contributed by atoms with E-state index in [-0.39, 0.29) is 24.2 Å². The molecular weight excluding hydrogens is 254 g/mol. The second-order valence-electron chi connectivity index (χ2n) is 6.41. The van der Waals surface area contributed by atoms with Crippen LogP contribution in [-0.2, 0) is 9.53 Å². The molecule has 1 aliphatic heterocycles. The van der Waals surface area contributed by atoms with Gasteiger partial charge in [0.05, 0.1) is 12.2 Å². The van der Waals surface area contributed by atoms with Crippen molar-refractivity contribution in [2.45, 2.75) is 77.1 Å². The maximum atomic E-state index is 12.5. The highest BCUT2D eigenvalue weighted by Crippen LogP contribution is 2.24. The Morgan fingerprint density at radius 3 is 2.60 bits per heavy atom. The lowest BCUT2D eigenvalue weighted by Crippen LogP contribution is -2.50. The third-order valence-corrected chi connectivity index (χ3v) is 4.79. The van der Waals surface area contributed by atoms with Crippen LogP contribution < -0.4 is 0 Å². The van der Waals surface area contributed by atoms with Crippen LogP contribution in [0.3, 0.4) is 0 Å². The summed E-state index contributed by atoms with van der Waals surface area (Å²) in [5.41, 5.74) is 0. The Morgan fingerprint density at radius 1 is 1.30 bits per heavy atom. The van der Waals surface area contributed by atoms with Gasteiger partial charge in [0.2, 0.25) is 0 Å². The van der Waals surface area contributed by atoms with Crippen LogP contribution in [0.25, 0.3) is 0 Å². The number of piperidine rings is 1. The summed E-state index contributed by atoms with van der Waals surface area (Å²) in [7, 11) is 0. The van der Waals surface area contributed by atoms with Crippen LogP contribution in [0.1, 0.15) is 58.8 Å². The van der Waals surface area contributed by atoms with Gasteiger partial charge in [-0.05, 0) is 31.6 Å². The molecule has 1 N–H and O–H groups in total. The van der Waals surface area contributed by atoms with E-state index in [4.69, 9.17) is 4.74 Å². The zero-order valence-electron chi connectivity index (χ0n) is 12.9. The minimum absolute atomic E-state index is 0.0732. The van der Waals surface area contributed by atoms with Gasteiger partial charge in [-0.1, -0.05) is 33.1 Å². The van der Waals surface area contributed by atoms with Gasteiger partial charge in [-0.25, -0.2) is 0 Å². The minimum Gasteiger partial charge on any atom is -0.391 e. The normalized spacial score (nSPS) is 30.2. The van der Waals surface area contributed by atoms with Gasteiger partial charge in [0.25, 0.3) is 5.91 Å². The Hall–Kier alpha value is -0.610. The lowest BCUT2D eigenvalue weighted by atomic mass is 9.95. The molecule has 3 unspecified atom stereocenters. The minimum atomic E-state index is -0.389. The van der Waals surface area contributed by atoms with Crippen LogP contribution >= 0.6 is 0 Å². The number of nitrogens with zero attached hydrogens (tertiary/aromatic N) is 1. The molecule has 0 aromatic carbocycles. The highest BCUT2D eigenvalue weighted by Gasteiger charge is 2.32. The van der Waals surface area contributed by atoms with Crippen molar-refractivity contribution in [2.75, 3.05) is 13.1 Å². The third kappa shape index (κ3) is 3.95. The van der Waals surface area contributed by atoms with Crippen molar-refractivity contribution in [3.05, 3.63) is 0 Å². The summed E-state index contributed by atoms with van der Waals surface area (Å²) in [5, 5.41) is 9.94. The highest BCUT2D eigenvalue weighted by molar-refractivity contribution is 5.81. The van der Waals surface area contributed by atoms with Crippen molar-refractivity contribution in [1.29, 1.82) is 0 Å². The Morgan fingerprint density at radius 2 is 2.00 bits per heavy atom. The van der Waals surface area contributed by atoms with Crippen LogP contribution in [0.2, 0.25) is 0 Å². The summed E-state index contributed by atoms with van der Waals surface area (Å²) in [6.45, 7) is 5.27. The van der Waals surface area contributed by atoms with Crippen molar-refractivity contribution in [3.63, 3.8) is 0 Å². The van der Waals surface area contributed by atoms with Crippen LogP contribution in [-0.4, -0.2) is 47.3 Å². The van der Waals surface area contributed by atoms with Gasteiger partial charge in [0, 0.05) is 13.1 Å². The number of carbonyl (C=O) groups excluding carboxylic acids is 1. The lowest BCUT2D eigenvalue weighted by Gasteiger charge is -2.37. The number of aliphatic hydroxyl groups is 1. The van der Waals surface area contributed by atoms with E-state index in [0.29, 0.717) is 12.5 Å². The smallest absolute Gasteiger partial charge is 0.251 e. The summed E-state index contributed by atoms with van der Waals surface area (Å²) in [5.74, 6) is 0.363. The molecule has 1 amide bonds. The van der Waals surface area contributed by atoms with Gasteiger partial charge in [-0.15, -0.1) is 0 Å². The van der Waals surface area contributed by atoms with E-state index >= 15 is 0 Å². The second kappa shape index (κ2) is 7.41. The number of aliphatic hydroxyl groups excluding tert-OH is 1. The molecule has 0 bridgehead atoms. The Kier molecular flexibility index (Phi) is 5.85. The summed E-state index contributed by atoms with van der Waals surface area (Å²) in [6, 6.07) is 0. The summed E-state index contributed by atoms with van der Waals surface area (Å²) < 4.78 is 6.04. The quantitative estimate of drug-likeness (QED) is 0.861. The number of amides is 1. The molecule has 0 spiro atoms. The molecule has 2 rings (SSSR count). The number of carbonyl (C=O) groups is 1. The van der Waals surface area contributed by atoms with E-state index in [1.165, 1.54) is 19.3 Å². The Balaban J connectivity index is 1.87. The zero-order chi connectivity index (χ0) is 14.5. The average Bonchev–Trinajstić information content (AvgIpc) is 2.48. The first-order valence-corrected chi connectivity index (χ1v) is 8.24. The monoisotopic (exact) mass is 283 g/mol. The van der Waals surface area contributed by atoms with Crippen LogP contribution in [0.5, 0.6) is 0 Å². The molecule has 0 aromatic heterocycles. The molecule has 0 radical (unpaired) electrons. The predicted molar refractivity (Wildman–Crippen MR) is 78.4 cm³/mol. The molecule has 4 heteroatoms. The molecule has 1 saturated heterocycles. The van der Waals surface area contributed by atoms with E-state index in [1.54, 1.807) is 4.90 Å². The van der Waals surface area contributed by atoms with E-state index in [2.05, 4.69) is 0 Å². The van der Waals surface area contributed by atoms with Gasteiger partial charge < -0.3 is 14.7 Å². The van der Waals surface area contributed by atoms with Crippen LogP contribution in [0.4, 0.5) is 0 Å². The lowest BCUT2D eigenvalue weighted by molar-refractivity contribution is -0.153. The first kappa shape index (κ1) is 15.8. The van der Waals surface area contributed by atoms with Crippen molar-refractivity contribution < 1.29 is 14.6 Å². The van der Waals surface area contributed by atoms with E-state index in [1.807, 2.05) is 13.8 Å². The predicted octanol–water partition coefficient (Wildman–Crippen LogP) is 2.34. The van der Waals surface area contributed by atoms with Gasteiger partial charge in [0.1, 0.15) is 6.10 Å². The first-order chi connectivity index (χ1) is 9.61. The average molecular weight is 283 g/mol. The number of hydrogen-bond acceptors (Lipinski definition) is 3.